The van der Waals surface area contributed by atoms with Crippen LogP contribution in [0.1, 0.15) is 34.7 Å². The highest BCUT2D eigenvalue weighted by molar-refractivity contribution is 6.03. The lowest BCUT2D eigenvalue weighted by Crippen LogP contribution is -2.46. The first-order valence-electron chi connectivity index (χ1n) is 8.40. The van der Waals surface area contributed by atoms with Crippen LogP contribution in [0.5, 0.6) is 0 Å². The Morgan fingerprint density at radius 3 is 2.81 bits per heavy atom. The van der Waals surface area contributed by atoms with Crippen molar-refractivity contribution in [3.05, 3.63) is 42.0 Å². The van der Waals surface area contributed by atoms with Gasteiger partial charge >= 0.3 is 5.97 Å². The van der Waals surface area contributed by atoms with E-state index in [4.69, 9.17) is 5.11 Å². The fraction of sp³-hybridized carbons (Fsp3) is 0.235. The third-order valence-corrected chi connectivity index (χ3v) is 4.49. The van der Waals surface area contributed by atoms with Crippen LogP contribution in [-0.4, -0.2) is 59.6 Å². The Morgan fingerprint density at radius 1 is 1.33 bits per heavy atom. The Bertz CT molecular complexity index is 1020. The molecule has 3 aromatic heterocycles. The number of carbonyl (C=O) groups excluding carboxylic acids is 1. The lowest BCUT2D eigenvalue weighted by molar-refractivity contribution is 0.0690. The molecule has 27 heavy (non-hydrogen) atoms. The van der Waals surface area contributed by atoms with E-state index in [-0.39, 0.29) is 17.6 Å². The summed E-state index contributed by atoms with van der Waals surface area (Å²) in [7, 11) is 0. The number of rotatable bonds is 4. The van der Waals surface area contributed by atoms with Crippen molar-refractivity contribution >= 4 is 17.6 Å². The number of carboxylic acids is 1. The van der Waals surface area contributed by atoms with Crippen molar-refractivity contribution in [2.45, 2.75) is 20.0 Å². The van der Waals surface area contributed by atoms with Gasteiger partial charge in [-0.1, -0.05) is 0 Å². The van der Waals surface area contributed by atoms with E-state index in [1.165, 1.54) is 16.9 Å². The molecule has 0 bridgehead atoms. The van der Waals surface area contributed by atoms with Crippen molar-refractivity contribution in [2.24, 2.45) is 0 Å². The van der Waals surface area contributed by atoms with Crippen LogP contribution in [0.2, 0.25) is 0 Å². The Kier molecular flexibility index (Phi) is 3.87. The quantitative estimate of drug-likeness (QED) is 0.638. The first-order chi connectivity index (χ1) is 13.0. The minimum absolute atomic E-state index is 0.101. The molecule has 0 spiro atoms. The predicted octanol–water partition coefficient (Wildman–Crippen LogP) is 1.59. The van der Waals surface area contributed by atoms with Crippen molar-refractivity contribution in [2.75, 3.05) is 11.9 Å². The third-order valence-electron chi connectivity index (χ3n) is 4.49. The minimum Gasteiger partial charge on any atom is -0.478 e. The van der Waals surface area contributed by atoms with Crippen LogP contribution in [0, 0.1) is 0 Å². The van der Waals surface area contributed by atoms with Gasteiger partial charge in [0, 0.05) is 24.5 Å². The number of H-pyrrole nitrogens is 1. The van der Waals surface area contributed by atoms with Crippen LogP contribution < -0.4 is 5.32 Å². The molecule has 0 radical (unpaired) electrons. The summed E-state index contributed by atoms with van der Waals surface area (Å²) in [4.78, 5) is 29.3. The highest BCUT2D eigenvalue weighted by atomic mass is 16.4. The number of pyridine rings is 1. The van der Waals surface area contributed by atoms with E-state index in [9.17, 15) is 9.59 Å². The number of nitrogens with one attached hydrogen (secondary N) is 2. The second-order valence-electron chi connectivity index (χ2n) is 6.12. The highest BCUT2D eigenvalue weighted by Crippen LogP contribution is 2.33. The molecule has 0 saturated carbocycles. The van der Waals surface area contributed by atoms with E-state index < -0.39 is 5.97 Å². The van der Waals surface area contributed by atoms with Gasteiger partial charge in [-0.25, -0.2) is 14.5 Å². The number of fused-ring (bicyclic) bond motifs is 1. The average molecular weight is 367 g/mol. The molecule has 3 aromatic rings. The van der Waals surface area contributed by atoms with E-state index in [0.717, 1.165) is 0 Å². The lowest BCUT2D eigenvalue weighted by Gasteiger charge is -2.33. The molecule has 10 nitrogen and oxygen atoms in total. The van der Waals surface area contributed by atoms with Gasteiger partial charge in [0.2, 0.25) is 0 Å². The summed E-state index contributed by atoms with van der Waals surface area (Å²) in [6.07, 6.45) is 4.47. The molecule has 0 saturated heterocycles. The topological polar surface area (TPSA) is 129 Å². The molecule has 1 unspecified atom stereocenters. The number of carboxylic acid groups (broad SMARTS) is 1. The van der Waals surface area contributed by atoms with Crippen LogP contribution in [0.25, 0.3) is 17.1 Å². The summed E-state index contributed by atoms with van der Waals surface area (Å²) in [5, 5.41) is 23.6. The first kappa shape index (κ1) is 16.8. The Hall–Kier alpha value is -3.69. The van der Waals surface area contributed by atoms with Crippen molar-refractivity contribution in [1.29, 1.82) is 0 Å². The fourth-order valence-electron chi connectivity index (χ4n) is 3.09. The monoisotopic (exact) mass is 367 g/mol. The van der Waals surface area contributed by atoms with Crippen LogP contribution in [0.3, 0.4) is 0 Å². The molecule has 4 rings (SSSR count). The van der Waals surface area contributed by atoms with Gasteiger partial charge in [-0.2, -0.15) is 10.2 Å². The Labute approximate surface area is 153 Å². The number of carbonyl (C=O) groups is 2. The van der Waals surface area contributed by atoms with Gasteiger partial charge in [-0.15, -0.1) is 0 Å². The van der Waals surface area contributed by atoms with Gasteiger partial charge in [0.15, 0.2) is 5.82 Å². The molecule has 0 aliphatic carbocycles. The Morgan fingerprint density at radius 2 is 2.15 bits per heavy atom. The molecule has 1 amide bonds. The van der Waals surface area contributed by atoms with Gasteiger partial charge in [0.1, 0.15) is 11.4 Å². The first-order valence-corrected chi connectivity index (χ1v) is 8.40. The summed E-state index contributed by atoms with van der Waals surface area (Å²) >= 11 is 0. The fourth-order valence-corrected chi connectivity index (χ4v) is 3.09. The zero-order valence-electron chi connectivity index (χ0n) is 14.7. The van der Waals surface area contributed by atoms with E-state index in [2.05, 4.69) is 25.6 Å². The zero-order valence-corrected chi connectivity index (χ0v) is 14.7. The van der Waals surface area contributed by atoms with Gasteiger partial charge in [0.25, 0.3) is 5.91 Å². The van der Waals surface area contributed by atoms with Crippen LogP contribution in [0.4, 0.5) is 5.69 Å². The second kappa shape index (κ2) is 6.24. The molecule has 1 aliphatic rings. The number of aromatic carboxylic acids is 1. The maximum atomic E-state index is 12.6. The maximum Gasteiger partial charge on any atom is 0.337 e. The van der Waals surface area contributed by atoms with E-state index >= 15 is 0 Å². The van der Waals surface area contributed by atoms with E-state index in [1.54, 1.807) is 23.4 Å². The molecule has 10 heteroatoms. The van der Waals surface area contributed by atoms with Gasteiger partial charge in [-0.05, 0) is 26.0 Å². The lowest BCUT2D eigenvalue weighted by atomic mass is 10.1. The highest BCUT2D eigenvalue weighted by Gasteiger charge is 2.32. The predicted molar refractivity (Wildman–Crippen MR) is 95.7 cm³/mol. The summed E-state index contributed by atoms with van der Waals surface area (Å²) in [6, 6.07) is 3.03. The maximum absolute atomic E-state index is 12.6. The van der Waals surface area contributed by atoms with Gasteiger partial charge in [0.05, 0.1) is 23.6 Å². The third kappa shape index (κ3) is 2.71. The molecule has 1 atom stereocenters. The molecular formula is C17H17N7O3. The van der Waals surface area contributed by atoms with Crippen molar-refractivity contribution in [3.8, 4) is 17.1 Å². The molecule has 138 valence electrons. The normalized spacial score (nSPS) is 16.1. The smallest absolute Gasteiger partial charge is 0.337 e. The second-order valence-corrected chi connectivity index (χ2v) is 6.12. The van der Waals surface area contributed by atoms with Crippen molar-refractivity contribution in [3.63, 3.8) is 0 Å². The average Bonchev–Trinajstić information content (AvgIpc) is 3.29. The largest absolute Gasteiger partial charge is 0.478 e. The van der Waals surface area contributed by atoms with Crippen LogP contribution in [-0.2, 0) is 0 Å². The number of hydrogen-bond acceptors (Lipinski definition) is 6. The summed E-state index contributed by atoms with van der Waals surface area (Å²) < 4.78 is 1.52. The van der Waals surface area contributed by atoms with Crippen LogP contribution in [0.15, 0.2) is 30.7 Å². The van der Waals surface area contributed by atoms with Gasteiger partial charge < -0.3 is 15.3 Å². The minimum atomic E-state index is -1.04. The summed E-state index contributed by atoms with van der Waals surface area (Å²) in [5.41, 5.74) is 2.46. The van der Waals surface area contributed by atoms with E-state index in [0.29, 0.717) is 35.0 Å². The molecule has 4 heterocycles. The summed E-state index contributed by atoms with van der Waals surface area (Å²) in [5.74, 6) is -0.662. The molecule has 0 aromatic carbocycles. The summed E-state index contributed by atoms with van der Waals surface area (Å²) in [6.45, 7) is 4.43. The number of aromatic nitrogens is 5. The standard InChI is InChI=1S/C17H17N7O3/c1-3-23-9(2)20-14-13(21-22-15(14)16(23)25)11-7-19-24(8-11)12-5-4-10(6-18-12)17(26)27/h4-9,20H,3H2,1-2H3,(H,21,22)(H,26,27). The number of anilines is 1. The number of hydrogen-bond donors (Lipinski definition) is 3. The van der Waals surface area contributed by atoms with Crippen molar-refractivity contribution < 1.29 is 14.7 Å². The molecule has 1 aliphatic heterocycles. The number of aromatic amines is 1. The molecule has 3 N–H and O–H groups in total. The van der Waals surface area contributed by atoms with Crippen LogP contribution >= 0.6 is 0 Å². The Balaban J connectivity index is 1.67. The zero-order chi connectivity index (χ0) is 19.1. The van der Waals surface area contributed by atoms with Gasteiger partial charge in [-0.3, -0.25) is 9.89 Å². The molecular weight excluding hydrogens is 350 g/mol. The molecule has 0 fully saturated rings. The number of nitrogens with zero attached hydrogens (tertiary/aromatic N) is 5. The van der Waals surface area contributed by atoms with E-state index in [1.807, 2.05) is 13.8 Å². The van der Waals surface area contributed by atoms with Crippen molar-refractivity contribution in [1.82, 2.24) is 29.9 Å². The SMILES string of the molecule is CCN1C(=O)c2[nH]nc(-c3cnn(-c4ccc(C(=O)O)cn4)c3)c2NC1C. The number of amides is 1.